The van der Waals surface area contributed by atoms with Gasteiger partial charge in [0.25, 0.3) is 5.91 Å². The molecule has 0 spiro atoms. The number of nitrogens with zero attached hydrogens (tertiary/aromatic N) is 4. The summed E-state index contributed by atoms with van der Waals surface area (Å²) < 4.78 is 23.0. The van der Waals surface area contributed by atoms with Crippen LogP contribution in [0.3, 0.4) is 0 Å². The van der Waals surface area contributed by atoms with Crippen molar-refractivity contribution in [2.45, 2.75) is 160 Å². The number of anilines is 1. The van der Waals surface area contributed by atoms with Crippen molar-refractivity contribution in [3.8, 4) is 11.5 Å². The number of methoxy groups -OCH3 is 2. The average molecular weight is 1370 g/mol. The van der Waals surface area contributed by atoms with Gasteiger partial charge in [-0.3, -0.25) is 38.4 Å². The minimum absolute atomic E-state index is 0.0530. The maximum absolute atomic E-state index is 15.3. The second kappa shape index (κ2) is 36.3. The van der Waals surface area contributed by atoms with E-state index in [9.17, 15) is 43.5 Å². The zero-order valence-corrected chi connectivity index (χ0v) is 58.6. The molecule has 2 bridgehead atoms. The summed E-state index contributed by atoms with van der Waals surface area (Å²) in [5.74, 6) is -4.87. The van der Waals surface area contributed by atoms with Crippen LogP contribution in [0, 0.1) is 11.3 Å². The molecule has 5 aromatic rings. The predicted octanol–water partition coefficient (Wildman–Crippen LogP) is 7.68. The number of cyclic esters (lactones) is 2. The van der Waals surface area contributed by atoms with Gasteiger partial charge in [0.05, 0.1) is 27.2 Å². The van der Waals surface area contributed by atoms with Crippen LogP contribution >= 0.6 is 0 Å². The number of fused-ring (bicyclic) bond motifs is 4. The monoisotopic (exact) mass is 1370 g/mol. The van der Waals surface area contributed by atoms with Crippen molar-refractivity contribution >= 4 is 64.9 Å². The molecule has 0 saturated carbocycles. The Balaban J connectivity index is 1.09. The highest BCUT2D eigenvalue weighted by Crippen LogP contribution is 2.34. The number of piperidine rings is 1. The SMILES string of the molecule is COc1ccc(CC[C@H]2OC(=O)[C@@H]3CCCCN3C(=O)C(O)C(C)(C)COC(=O)/C=C/CCN(C)C(=O)[C@H](CC(C)C)N(C)C(=O)[C@H]3CCCN3C(=O)[C@H](Cc3ccc(CC(=O)NCc4ccccc4)cc3)NC(=O)[C@H](c3ccccc3)NC(=O)CCC(=O)Nc3cccc2c3)cc1OC. The first-order valence-corrected chi connectivity index (χ1v) is 34.4. The first-order chi connectivity index (χ1) is 47.9. The van der Waals surface area contributed by atoms with Gasteiger partial charge in [-0.25, -0.2) is 9.59 Å². The van der Waals surface area contributed by atoms with Gasteiger partial charge in [0, 0.05) is 76.7 Å². The van der Waals surface area contributed by atoms with Gasteiger partial charge in [0.15, 0.2) is 11.5 Å². The second-order valence-corrected chi connectivity index (χ2v) is 27.0. The maximum atomic E-state index is 15.3. The van der Waals surface area contributed by atoms with Crippen LogP contribution < -0.4 is 30.7 Å². The predicted molar refractivity (Wildman–Crippen MR) is 375 cm³/mol. The molecule has 2 saturated heterocycles. The number of nitrogens with one attached hydrogen (secondary N) is 4. The summed E-state index contributed by atoms with van der Waals surface area (Å²) in [6.45, 7) is 7.41. The maximum Gasteiger partial charge on any atom is 0.330 e. The largest absolute Gasteiger partial charge is 0.493 e. The van der Waals surface area contributed by atoms with E-state index in [1.165, 1.54) is 53.0 Å². The number of likely N-dealkylation sites (N-methyl/N-ethyl adjacent to an activating group) is 2. The summed E-state index contributed by atoms with van der Waals surface area (Å²) in [4.78, 5) is 149. The second-order valence-electron chi connectivity index (χ2n) is 27.0. The van der Waals surface area contributed by atoms with Crippen molar-refractivity contribution < 1.29 is 72.0 Å². The lowest BCUT2D eigenvalue weighted by Gasteiger charge is -2.39. The number of amides is 8. The summed E-state index contributed by atoms with van der Waals surface area (Å²) >= 11 is 0. The van der Waals surface area contributed by atoms with E-state index < -0.39 is 95.2 Å². The molecule has 8 rings (SSSR count). The van der Waals surface area contributed by atoms with Crippen LogP contribution in [0.5, 0.6) is 11.5 Å². The Morgan fingerprint density at radius 2 is 1.32 bits per heavy atom. The third kappa shape index (κ3) is 21.1. The Morgan fingerprint density at radius 1 is 0.670 bits per heavy atom. The Hall–Kier alpha value is -9.90. The zero-order valence-electron chi connectivity index (χ0n) is 58.6. The van der Waals surface area contributed by atoms with E-state index in [2.05, 4.69) is 21.3 Å². The minimum Gasteiger partial charge on any atom is -0.493 e. The Morgan fingerprint density at radius 3 is 2.03 bits per heavy atom. The van der Waals surface area contributed by atoms with Gasteiger partial charge in [0.2, 0.25) is 41.4 Å². The molecular formula is C77H96N8O15. The molecule has 23 heteroatoms. The van der Waals surface area contributed by atoms with Crippen LogP contribution in [0.2, 0.25) is 0 Å². The third-order valence-electron chi connectivity index (χ3n) is 18.5. The molecule has 23 nitrogen and oxygen atoms in total. The molecule has 0 aromatic heterocycles. The van der Waals surface area contributed by atoms with Crippen molar-refractivity contribution in [3.05, 3.63) is 173 Å². The molecule has 3 aliphatic heterocycles. The number of benzene rings is 5. The number of carbonyl (C=O) groups excluding carboxylic acids is 10. The van der Waals surface area contributed by atoms with E-state index in [1.54, 1.807) is 106 Å². The molecule has 3 aliphatic rings. The quantitative estimate of drug-likeness (QED) is 0.0667. The van der Waals surface area contributed by atoms with E-state index in [0.29, 0.717) is 71.7 Å². The highest BCUT2D eigenvalue weighted by atomic mass is 16.5. The average Bonchev–Trinajstić information content (AvgIpc) is 1.35. The number of aliphatic hydroxyl groups is 1. The number of carbonyl (C=O) groups is 10. The highest BCUT2D eigenvalue weighted by Gasteiger charge is 2.45. The lowest BCUT2D eigenvalue weighted by molar-refractivity contribution is -0.168. The molecule has 1 unspecified atom stereocenters. The topological polar surface area (TPSA) is 289 Å². The standard InChI is InChI=1S/C77H96N8O15/c1-50(2)43-61-73(93)82(5)40-17-16-29-68(89)99-49-77(3,4)70(90)75(95)85-41-18-15-27-60(85)76(96)100-62(36-34-52-35-37-63(97-7)64(45-52)98-8)56-25-19-26-57(47-56)79-65(86)38-39-66(87)81-69(55-23-13-10-14-24-55)71(91)80-58(72(92)84-42-20-28-59(84)74(94)83(61)6)44-51-30-32-53(33-31-51)46-67(88)78-48-54-21-11-9-12-22-54/h9-14,16,19,21-26,29-33,35,37,45,47,50,58-62,69-70,90H,15,17-18,20,27-28,34,36,38-44,46,48-49H2,1-8H3,(H,78,88)(H,79,86)(H,80,91)(H,81,87)/b29-16+/t58-,59+,60-,61-,62+,69-,70?/m0/s1. The molecule has 2 fully saturated rings. The molecule has 8 amide bonds. The molecule has 0 radical (unpaired) electrons. The van der Waals surface area contributed by atoms with Gasteiger partial charge < -0.3 is 64.9 Å². The number of hydrogen-bond donors (Lipinski definition) is 5. The zero-order chi connectivity index (χ0) is 72.0. The van der Waals surface area contributed by atoms with Gasteiger partial charge in [0.1, 0.15) is 42.4 Å². The minimum atomic E-state index is -1.71. The van der Waals surface area contributed by atoms with Crippen LogP contribution in [0.1, 0.15) is 137 Å². The van der Waals surface area contributed by atoms with Crippen molar-refractivity contribution in [1.29, 1.82) is 0 Å². The van der Waals surface area contributed by atoms with Gasteiger partial charge in [-0.1, -0.05) is 137 Å². The lowest BCUT2D eigenvalue weighted by atomic mass is 9.85. The molecule has 0 aliphatic carbocycles. The van der Waals surface area contributed by atoms with Crippen LogP contribution in [0.15, 0.2) is 140 Å². The van der Waals surface area contributed by atoms with Crippen molar-refractivity contribution in [1.82, 2.24) is 35.6 Å². The van der Waals surface area contributed by atoms with Gasteiger partial charge in [-0.2, -0.15) is 0 Å². The molecule has 5 aromatic carbocycles. The molecule has 7 atom stereocenters. The number of ether oxygens (including phenoxy) is 4. The molecule has 100 heavy (non-hydrogen) atoms. The summed E-state index contributed by atoms with van der Waals surface area (Å²) in [6.07, 6.45) is 2.53. The van der Waals surface area contributed by atoms with E-state index in [1.807, 2.05) is 56.3 Å². The summed E-state index contributed by atoms with van der Waals surface area (Å²) in [5.41, 5.74) is 2.94. The number of esters is 2. The van der Waals surface area contributed by atoms with Crippen molar-refractivity contribution in [3.63, 3.8) is 0 Å². The van der Waals surface area contributed by atoms with Crippen LogP contribution in [0.4, 0.5) is 5.69 Å². The number of rotatable bonds is 14. The Kier molecular flexibility index (Phi) is 27.5. The smallest absolute Gasteiger partial charge is 0.330 e. The van der Waals surface area contributed by atoms with Crippen molar-refractivity contribution in [2.75, 3.05) is 59.9 Å². The third-order valence-corrected chi connectivity index (χ3v) is 18.5. The van der Waals surface area contributed by atoms with E-state index in [4.69, 9.17) is 18.9 Å². The molecular weight excluding hydrogens is 1280 g/mol. The molecule has 534 valence electrons. The summed E-state index contributed by atoms with van der Waals surface area (Å²) in [6, 6.07) is 31.4. The fraction of sp³-hybridized carbons (Fsp3) is 0.455. The summed E-state index contributed by atoms with van der Waals surface area (Å²) in [7, 11) is 6.18. The van der Waals surface area contributed by atoms with Crippen LogP contribution in [-0.2, 0) is 83.2 Å². The van der Waals surface area contributed by atoms with E-state index in [-0.39, 0.29) is 102 Å². The Bertz CT molecular complexity index is 3700. The van der Waals surface area contributed by atoms with Crippen molar-refractivity contribution in [2.24, 2.45) is 11.3 Å². The van der Waals surface area contributed by atoms with Gasteiger partial charge in [-0.05, 0) is 121 Å². The number of aryl methyl sites for hydroxylation is 1. The normalized spacial score (nSPS) is 22.7. The summed E-state index contributed by atoms with van der Waals surface area (Å²) in [5, 5.41) is 23.3. The highest BCUT2D eigenvalue weighted by molar-refractivity contribution is 5.98. The molecule has 3 heterocycles. The Labute approximate surface area is 585 Å². The first-order valence-electron chi connectivity index (χ1n) is 34.4. The fourth-order valence-electron chi connectivity index (χ4n) is 12.7. The number of hydrogen-bond acceptors (Lipinski definition) is 15. The van der Waals surface area contributed by atoms with Crippen LogP contribution in [0.25, 0.3) is 0 Å². The lowest BCUT2D eigenvalue weighted by Crippen LogP contribution is -2.58. The van der Waals surface area contributed by atoms with Gasteiger partial charge >= 0.3 is 11.9 Å². The van der Waals surface area contributed by atoms with E-state index >= 15 is 9.59 Å². The number of aliphatic hydroxyl groups excluding tert-OH is 1. The fourth-order valence-corrected chi connectivity index (χ4v) is 12.7. The first kappa shape index (κ1) is 75.9. The van der Waals surface area contributed by atoms with Crippen LogP contribution in [-0.4, -0.2) is 169 Å². The molecule has 5 N–H and O–H groups in total. The van der Waals surface area contributed by atoms with Gasteiger partial charge in [-0.15, -0.1) is 0 Å². The van der Waals surface area contributed by atoms with E-state index in [0.717, 1.165) is 11.1 Å².